The van der Waals surface area contributed by atoms with Crippen LogP contribution in [0.4, 0.5) is 4.39 Å². The van der Waals surface area contributed by atoms with Crippen LogP contribution in [0.15, 0.2) is 18.2 Å². The Labute approximate surface area is 101 Å². The average molecular weight is 238 g/mol. The molecule has 0 spiro atoms. The van der Waals surface area contributed by atoms with Gasteiger partial charge in [-0.1, -0.05) is 0 Å². The molecule has 0 bridgehead atoms. The van der Waals surface area contributed by atoms with Crippen LogP contribution in [0.5, 0.6) is 5.75 Å². The molecule has 0 amide bonds. The summed E-state index contributed by atoms with van der Waals surface area (Å²) in [7, 11) is 2.12. The van der Waals surface area contributed by atoms with Gasteiger partial charge in [-0.3, -0.25) is 4.90 Å². The van der Waals surface area contributed by atoms with E-state index in [0.29, 0.717) is 6.54 Å². The van der Waals surface area contributed by atoms with Crippen LogP contribution in [-0.4, -0.2) is 48.1 Å². The summed E-state index contributed by atoms with van der Waals surface area (Å²) in [5, 5.41) is 9.35. The Hall–Kier alpha value is -1.13. The maximum atomic E-state index is 13.1. The van der Waals surface area contributed by atoms with Crippen molar-refractivity contribution >= 4 is 0 Å². The lowest BCUT2D eigenvalue weighted by molar-refractivity contribution is 0.268. The van der Waals surface area contributed by atoms with Gasteiger partial charge in [-0.05, 0) is 44.3 Å². The SMILES string of the molecule is CN1CCCN(Cc2cc(O)cc(F)c2)CC1. The molecule has 0 unspecified atom stereocenters. The molecule has 1 aliphatic heterocycles. The fraction of sp³-hybridized carbons (Fsp3) is 0.538. The summed E-state index contributed by atoms with van der Waals surface area (Å²) >= 11 is 0. The summed E-state index contributed by atoms with van der Waals surface area (Å²) < 4.78 is 13.1. The molecule has 1 fully saturated rings. The van der Waals surface area contributed by atoms with Crippen LogP contribution in [0.25, 0.3) is 0 Å². The Balaban J connectivity index is 1.99. The van der Waals surface area contributed by atoms with Crippen molar-refractivity contribution in [2.75, 3.05) is 33.2 Å². The molecule has 1 heterocycles. The molecular weight excluding hydrogens is 219 g/mol. The zero-order valence-electron chi connectivity index (χ0n) is 10.2. The third-order valence-corrected chi connectivity index (χ3v) is 3.16. The second-order valence-electron chi connectivity index (χ2n) is 4.75. The molecule has 0 saturated carbocycles. The quantitative estimate of drug-likeness (QED) is 0.849. The molecule has 1 N–H and O–H groups in total. The Bertz CT molecular complexity index is 363. The smallest absolute Gasteiger partial charge is 0.127 e. The fourth-order valence-electron chi connectivity index (χ4n) is 2.24. The first-order chi connectivity index (χ1) is 8.13. The number of likely N-dealkylation sites (N-methyl/N-ethyl adjacent to an activating group) is 1. The first-order valence-electron chi connectivity index (χ1n) is 6.03. The molecule has 0 radical (unpaired) electrons. The van der Waals surface area contributed by atoms with Crippen LogP contribution in [-0.2, 0) is 6.54 Å². The Morgan fingerprint density at radius 2 is 2.00 bits per heavy atom. The Kier molecular flexibility index (Phi) is 3.97. The van der Waals surface area contributed by atoms with Crippen LogP contribution < -0.4 is 0 Å². The standard InChI is InChI=1S/C13H19FN2O/c1-15-3-2-4-16(6-5-15)10-11-7-12(14)9-13(17)8-11/h7-9,17H,2-6,10H2,1H3. The van der Waals surface area contributed by atoms with Gasteiger partial charge in [-0.25, -0.2) is 4.39 Å². The summed E-state index contributed by atoms with van der Waals surface area (Å²) in [5.74, 6) is -0.362. The number of benzene rings is 1. The maximum Gasteiger partial charge on any atom is 0.127 e. The van der Waals surface area contributed by atoms with Crippen LogP contribution in [0.2, 0.25) is 0 Å². The van der Waals surface area contributed by atoms with Gasteiger partial charge in [0.05, 0.1) is 0 Å². The van der Waals surface area contributed by atoms with Crippen molar-refractivity contribution in [1.82, 2.24) is 9.80 Å². The number of hydrogen-bond donors (Lipinski definition) is 1. The van der Waals surface area contributed by atoms with E-state index in [1.165, 1.54) is 6.07 Å². The predicted molar refractivity (Wildman–Crippen MR) is 65.5 cm³/mol. The highest BCUT2D eigenvalue weighted by atomic mass is 19.1. The summed E-state index contributed by atoms with van der Waals surface area (Å²) in [4.78, 5) is 4.61. The lowest BCUT2D eigenvalue weighted by Crippen LogP contribution is -2.28. The van der Waals surface area contributed by atoms with Gasteiger partial charge >= 0.3 is 0 Å². The largest absolute Gasteiger partial charge is 0.508 e. The van der Waals surface area contributed by atoms with Gasteiger partial charge in [0.25, 0.3) is 0 Å². The second-order valence-corrected chi connectivity index (χ2v) is 4.75. The number of phenols is 1. The lowest BCUT2D eigenvalue weighted by Gasteiger charge is -2.20. The second kappa shape index (κ2) is 5.47. The van der Waals surface area contributed by atoms with Gasteiger partial charge in [0, 0.05) is 25.7 Å². The predicted octanol–water partition coefficient (Wildman–Crippen LogP) is 1.67. The van der Waals surface area contributed by atoms with Crippen molar-refractivity contribution in [3.63, 3.8) is 0 Å². The van der Waals surface area contributed by atoms with Gasteiger partial charge in [-0.15, -0.1) is 0 Å². The highest BCUT2D eigenvalue weighted by molar-refractivity contribution is 5.28. The molecule has 0 aliphatic carbocycles. The summed E-state index contributed by atoms with van der Waals surface area (Å²) in [6, 6.07) is 4.27. The zero-order valence-corrected chi connectivity index (χ0v) is 10.2. The number of rotatable bonds is 2. The van der Waals surface area contributed by atoms with Gasteiger partial charge in [-0.2, -0.15) is 0 Å². The average Bonchev–Trinajstić information content (AvgIpc) is 2.42. The Morgan fingerprint density at radius 3 is 2.76 bits per heavy atom. The van der Waals surface area contributed by atoms with E-state index in [0.717, 1.165) is 44.2 Å². The third kappa shape index (κ3) is 3.68. The van der Waals surface area contributed by atoms with E-state index in [1.807, 2.05) is 0 Å². The van der Waals surface area contributed by atoms with Crippen LogP contribution in [0.3, 0.4) is 0 Å². The molecule has 1 aromatic rings. The van der Waals surface area contributed by atoms with Gasteiger partial charge in [0.1, 0.15) is 11.6 Å². The zero-order chi connectivity index (χ0) is 12.3. The molecule has 1 saturated heterocycles. The monoisotopic (exact) mass is 238 g/mol. The molecule has 17 heavy (non-hydrogen) atoms. The van der Waals surface area contributed by atoms with E-state index in [-0.39, 0.29) is 11.6 Å². The van der Waals surface area contributed by atoms with Crippen molar-refractivity contribution in [2.24, 2.45) is 0 Å². The molecule has 1 aromatic carbocycles. The number of phenolic OH excluding ortho intramolecular Hbond substituents is 1. The number of hydrogen-bond acceptors (Lipinski definition) is 3. The van der Waals surface area contributed by atoms with Crippen LogP contribution >= 0.6 is 0 Å². The van der Waals surface area contributed by atoms with Crippen LogP contribution in [0.1, 0.15) is 12.0 Å². The van der Waals surface area contributed by atoms with Crippen molar-refractivity contribution in [1.29, 1.82) is 0 Å². The van der Waals surface area contributed by atoms with Gasteiger partial charge < -0.3 is 10.0 Å². The molecule has 0 aromatic heterocycles. The first-order valence-corrected chi connectivity index (χ1v) is 6.03. The lowest BCUT2D eigenvalue weighted by atomic mass is 10.2. The van der Waals surface area contributed by atoms with Gasteiger partial charge in [0.15, 0.2) is 0 Å². The number of nitrogens with zero attached hydrogens (tertiary/aromatic N) is 2. The normalized spacial score (nSPS) is 19.2. The van der Waals surface area contributed by atoms with E-state index >= 15 is 0 Å². The van der Waals surface area contributed by atoms with Crippen molar-refractivity contribution in [3.8, 4) is 5.75 Å². The topological polar surface area (TPSA) is 26.7 Å². The summed E-state index contributed by atoms with van der Waals surface area (Å²) in [6.45, 7) is 4.89. The van der Waals surface area contributed by atoms with Gasteiger partial charge in [0.2, 0.25) is 0 Å². The minimum atomic E-state index is -0.369. The molecule has 1 aliphatic rings. The number of halogens is 1. The van der Waals surface area contributed by atoms with E-state index in [9.17, 15) is 9.50 Å². The minimum absolute atomic E-state index is 0.00643. The van der Waals surface area contributed by atoms with E-state index in [1.54, 1.807) is 6.07 Å². The molecule has 0 atom stereocenters. The van der Waals surface area contributed by atoms with Crippen LogP contribution in [0, 0.1) is 5.82 Å². The van der Waals surface area contributed by atoms with Crippen molar-refractivity contribution < 1.29 is 9.50 Å². The minimum Gasteiger partial charge on any atom is -0.508 e. The maximum absolute atomic E-state index is 13.1. The molecule has 2 rings (SSSR count). The highest BCUT2D eigenvalue weighted by Gasteiger charge is 2.12. The summed E-state index contributed by atoms with van der Waals surface area (Å²) in [6.07, 6.45) is 1.14. The highest BCUT2D eigenvalue weighted by Crippen LogP contribution is 2.16. The Morgan fingerprint density at radius 1 is 1.18 bits per heavy atom. The van der Waals surface area contributed by atoms with E-state index in [4.69, 9.17) is 0 Å². The molecular formula is C13H19FN2O. The molecule has 4 heteroatoms. The third-order valence-electron chi connectivity index (χ3n) is 3.16. The van der Waals surface area contributed by atoms with Crippen molar-refractivity contribution in [2.45, 2.75) is 13.0 Å². The van der Waals surface area contributed by atoms with E-state index < -0.39 is 0 Å². The number of aromatic hydroxyl groups is 1. The van der Waals surface area contributed by atoms with E-state index in [2.05, 4.69) is 16.8 Å². The molecule has 3 nitrogen and oxygen atoms in total. The first kappa shape index (κ1) is 12.3. The molecule has 94 valence electrons. The fourth-order valence-corrected chi connectivity index (χ4v) is 2.24. The summed E-state index contributed by atoms with van der Waals surface area (Å²) in [5.41, 5.74) is 0.840. The van der Waals surface area contributed by atoms with Crippen molar-refractivity contribution in [3.05, 3.63) is 29.6 Å².